The summed E-state index contributed by atoms with van der Waals surface area (Å²) in [6, 6.07) is 5.77. The van der Waals surface area contributed by atoms with Gasteiger partial charge in [-0.1, -0.05) is 18.2 Å². The van der Waals surface area contributed by atoms with Gasteiger partial charge in [-0.05, 0) is 31.9 Å². The molecule has 0 aliphatic rings. The molecule has 1 aromatic rings. The number of rotatable bonds is 4. The maximum atomic E-state index is 12.2. The monoisotopic (exact) mass is 273 g/mol. The molecular weight excluding hydrogens is 257 g/mol. The van der Waals surface area contributed by atoms with Gasteiger partial charge in [-0.25, -0.2) is 0 Å². The van der Waals surface area contributed by atoms with Crippen molar-refractivity contribution in [2.24, 2.45) is 0 Å². The number of carbonyl (C=O) groups is 1. The van der Waals surface area contributed by atoms with E-state index >= 15 is 0 Å². The fraction of sp³-hybridized carbons (Fsp3) is 0.462. The number of amides is 1. The highest BCUT2D eigenvalue weighted by Crippen LogP contribution is 2.16. The van der Waals surface area contributed by atoms with Crippen molar-refractivity contribution in [3.63, 3.8) is 0 Å². The minimum absolute atomic E-state index is 0.121. The summed E-state index contributed by atoms with van der Waals surface area (Å²) < 4.78 is 0. The first-order valence-electron chi connectivity index (χ1n) is 5.44. The van der Waals surface area contributed by atoms with Crippen molar-refractivity contribution in [2.45, 2.75) is 26.3 Å². The van der Waals surface area contributed by atoms with E-state index in [0.717, 1.165) is 11.1 Å². The van der Waals surface area contributed by atoms with Crippen molar-refractivity contribution in [1.82, 2.24) is 5.32 Å². The van der Waals surface area contributed by atoms with Crippen LogP contribution in [0.4, 0.5) is 0 Å². The van der Waals surface area contributed by atoms with Crippen LogP contribution >= 0.6 is 23.2 Å². The Kier molecular flexibility index (Phi) is 4.84. The van der Waals surface area contributed by atoms with E-state index in [1.807, 2.05) is 39.0 Å². The third-order valence-corrected chi connectivity index (χ3v) is 3.89. The van der Waals surface area contributed by atoms with Gasteiger partial charge in [-0.2, -0.15) is 0 Å². The van der Waals surface area contributed by atoms with Crippen LogP contribution in [0.1, 0.15) is 28.4 Å². The molecule has 94 valence electrons. The summed E-state index contributed by atoms with van der Waals surface area (Å²) in [5.74, 6) is 0.449. The van der Waals surface area contributed by atoms with Crippen molar-refractivity contribution >= 4 is 29.1 Å². The summed E-state index contributed by atoms with van der Waals surface area (Å²) in [4.78, 5) is 12.2. The fourth-order valence-corrected chi connectivity index (χ4v) is 2.03. The van der Waals surface area contributed by atoms with Gasteiger partial charge in [0.25, 0.3) is 5.91 Å². The first kappa shape index (κ1) is 14.3. The number of aryl methyl sites for hydroxylation is 2. The van der Waals surface area contributed by atoms with Crippen molar-refractivity contribution < 1.29 is 4.79 Å². The van der Waals surface area contributed by atoms with Gasteiger partial charge in [-0.3, -0.25) is 4.79 Å². The third kappa shape index (κ3) is 3.36. The van der Waals surface area contributed by atoms with E-state index in [-0.39, 0.29) is 17.7 Å². The Morgan fingerprint density at radius 3 is 2.12 bits per heavy atom. The fourth-order valence-electron chi connectivity index (χ4n) is 1.61. The summed E-state index contributed by atoms with van der Waals surface area (Å²) in [6.45, 7) is 5.67. The Bertz CT molecular complexity index is 394. The van der Waals surface area contributed by atoms with Crippen molar-refractivity contribution in [1.29, 1.82) is 0 Å². The molecule has 1 amide bonds. The first-order valence-corrected chi connectivity index (χ1v) is 6.51. The average molecular weight is 274 g/mol. The van der Waals surface area contributed by atoms with E-state index in [4.69, 9.17) is 23.2 Å². The lowest BCUT2D eigenvalue weighted by molar-refractivity contribution is 0.0920. The van der Waals surface area contributed by atoms with E-state index in [1.54, 1.807) is 0 Å². The second-order valence-electron chi connectivity index (χ2n) is 4.55. The van der Waals surface area contributed by atoms with Gasteiger partial charge in [-0.15, -0.1) is 23.2 Å². The molecule has 2 nitrogen and oxygen atoms in total. The van der Waals surface area contributed by atoms with E-state index in [2.05, 4.69) is 5.32 Å². The van der Waals surface area contributed by atoms with Gasteiger partial charge < -0.3 is 5.32 Å². The van der Waals surface area contributed by atoms with E-state index in [9.17, 15) is 4.79 Å². The SMILES string of the molecule is Cc1cccc(C)c1C(=O)NC(C)(CCl)CCl. The summed E-state index contributed by atoms with van der Waals surface area (Å²) in [6.07, 6.45) is 0. The molecule has 0 atom stereocenters. The normalized spacial score (nSPS) is 11.4. The summed E-state index contributed by atoms with van der Waals surface area (Å²) in [5, 5.41) is 2.89. The van der Waals surface area contributed by atoms with Crippen LogP contribution in [0.25, 0.3) is 0 Å². The lowest BCUT2D eigenvalue weighted by atomic mass is 10.0. The number of carbonyl (C=O) groups excluding carboxylic acids is 1. The topological polar surface area (TPSA) is 29.1 Å². The smallest absolute Gasteiger partial charge is 0.252 e. The Balaban J connectivity index is 2.98. The van der Waals surface area contributed by atoms with Crippen molar-refractivity contribution in [2.75, 3.05) is 11.8 Å². The van der Waals surface area contributed by atoms with Crippen LogP contribution in [-0.2, 0) is 0 Å². The Labute approximate surface area is 112 Å². The largest absolute Gasteiger partial charge is 0.344 e. The number of nitrogens with one attached hydrogen (secondary N) is 1. The number of halogens is 2. The minimum atomic E-state index is -0.574. The van der Waals surface area contributed by atoms with Crippen LogP contribution in [-0.4, -0.2) is 23.2 Å². The molecule has 0 radical (unpaired) electrons. The highest BCUT2D eigenvalue weighted by Gasteiger charge is 2.26. The molecule has 0 fully saturated rings. The zero-order valence-corrected chi connectivity index (χ0v) is 11.8. The zero-order valence-electron chi connectivity index (χ0n) is 10.3. The summed E-state index contributed by atoms with van der Waals surface area (Å²) in [7, 11) is 0. The highest BCUT2D eigenvalue weighted by atomic mass is 35.5. The molecule has 0 heterocycles. The molecule has 4 heteroatoms. The molecule has 1 rings (SSSR count). The van der Waals surface area contributed by atoms with E-state index < -0.39 is 5.54 Å². The van der Waals surface area contributed by atoms with Gasteiger partial charge in [0.2, 0.25) is 0 Å². The number of alkyl halides is 2. The van der Waals surface area contributed by atoms with Crippen molar-refractivity contribution in [3.8, 4) is 0 Å². The Hall–Kier alpha value is -0.730. The van der Waals surface area contributed by atoms with Gasteiger partial charge in [0, 0.05) is 17.3 Å². The lowest BCUT2D eigenvalue weighted by Crippen LogP contribution is -2.49. The van der Waals surface area contributed by atoms with E-state index in [0.29, 0.717) is 5.56 Å². The van der Waals surface area contributed by atoms with Crippen LogP contribution in [0.5, 0.6) is 0 Å². The molecule has 0 aromatic heterocycles. The minimum Gasteiger partial charge on any atom is -0.344 e. The van der Waals surface area contributed by atoms with Crippen LogP contribution in [0.2, 0.25) is 0 Å². The third-order valence-electron chi connectivity index (χ3n) is 2.71. The first-order chi connectivity index (χ1) is 7.93. The molecule has 0 aliphatic heterocycles. The molecular formula is C13H17Cl2NO. The van der Waals surface area contributed by atoms with Gasteiger partial charge in [0.05, 0.1) is 5.54 Å². The molecule has 1 N–H and O–H groups in total. The molecule has 0 saturated heterocycles. The Morgan fingerprint density at radius 1 is 1.24 bits per heavy atom. The average Bonchev–Trinajstić information content (AvgIpc) is 2.28. The number of benzene rings is 1. The number of hydrogen-bond donors (Lipinski definition) is 1. The highest BCUT2D eigenvalue weighted by molar-refractivity contribution is 6.22. The zero-order chi connectivity index (χ0) is 13.1. The summed E-state index contributed by atoms with van der Waals surface area (Å²) in [5.41, 5.74) is 2.03. The Morgan fingerprint density at radius 2 is 1.71 bits per heavy atom. The quantitative estimate of drug-likeness (QED) is 0.839. The van der Waals surface area contributed by atoms with Gasteiger partial charge in [0.15, 0.2) is 0 Å². The second kappa shape index (κ2) is 5.74. The summed E-state index contributed by atoms with van der Waals surface area (Å²) >= 11 is 11.6. The van der Waals surface area contributed by atoms with Crippen molar-refractivity contribution in [3.05, 3.63) is 34.9 Å². The standard InChI is InChI=1S/C13H17Cl2NO/c1-9-5-4-6-10(2)11(9)12(17)16-13(3,7-14)8-15/h4-6H,7-8H2,1-3H3,(H,16,17). The van der Waals surface area contributed by atoms with Crippen LogP contribution < -0.4 is 5.32 Å². The molecule has 0 aliphatic carbocycles. The van der Waals surface area contributed by atoms with Gasteiger partial charge >= 0.3 is 0 Å². The second-order valence-corrected chi connectivity index (χ2v) is 5.08. The van der Waals surface area contributed by atoms with Crippen LogP contribution in [0.15, 0.2) is 18.2 Å². The predicted molar refractivity (Wildman–Crippen MR) is 73.2 cm³/mol. The molecule has 0 spiro atoms. The number of hydrogen-bond acceptors (Lipinski definition) is 1. The van der Waals surface area contributed by atoms with E-state index in [1.165, 1.54) is 0 Å². The van der Waals surface area contributed by atoms with Gasteiger partial charge in [0.1, 0.15) is 0 Å². The maximum Gasteiger partial charge on any atom is 0.252 e. The van der Waals surface area contributed by atoms with Crippen LogP contribution in [0, 0.1) is 13.8 Å². The molecule has 0 saturated carbocycles. The molecule has 1 aromatic carbocycles. The molecule has 0 bridgehead atoms. The lowest BCUT2D eigenvalue weighted by Gasteiger charge is -2.26. The predicted octanol–water partition coefficient (Wildman–Crippen LogP) is 3.27. The maximum absolute atomic E-state index is 12.2. The molecule has 0 unspecified atom stereocenters. The van der Waals surface area contributed by atoms with Crippen LogP contribution in [0.3, 0.4) is 0 Å². The molecule has 17 heavy (non-hydrogen) atoms.